The van der Waals surface area contributed by atoms with E-state index < -0.39 is 6.04 Å². The molecule has 0 aliphatic heterocycles. The van der Waals surface area contributed by atoms with Crippen molar-refractivity contribution in [3.05, 3.63) is 89.1 Å². The lowest BCUT2D eigenvalue weighted by Gasteiger charge is -2.33. The van der Waals surface area contributed by atoms with E-state index in [1.54, 1.807) is 53.6 Å². The van der Waals surface area contributed by atoms with E-state index in [9.17, 15) is 14.4 Å². The molecule has 1 fully saturated rings. The summed E-state index contributed by atoms with van der Waals surface area (Å²) < 4.78 is 0. The van der Waals surface area contributed by atoms with Gasteiger partial charge in [-0.15, -0.1) is 0 Å². The molecule has 204 valence electrons. The van der Waals surface area contributed by atoms with Crippen molar-refractivity contribution in [3.63, 3.8) is 0 Å². The molecule has 0 unspecified atom stereocenters. The van der Waals surface area contributed by atoms with Crippen molar-refractivity contribution in [2.24, 2.45) is 0 Å². The highest BCUT2D eigenvalue weighted by Gasteiger charge is 2.35. The van der Waals surface area contributed by atoms with Gasteiger partial charge in [0.2, 0.25) is 17.7 Å². The number of hydrogen-bond acceptors (Lipinski definition) is 4. The van der Waals surface area contributed by atoms with E-state index in [-0.39, 0.29) is 36.6 Å². The molecule has 3 aromatic rings. The average Bonchev–Trinajstić information content (AvgIpc) is 3.46. The molecule has 1 aliphatic carbocycles. The zero-order valence-corrected chi connectivity index (χ0v) is 23.0. The van der Waals surface area contributed by atoms with Gasteiger partial charge in [-0.05, 0) is 67.1 Å². The molecule has 8 heteroatoms. The first-order chi connectivity index (χ1) is 19.0. The lowest BCUT2D eigenvalue weighted by Crippen LogP contribution is -2.46. The molecule has 2 N–H and O–H groups in total. The summed E-state index contributed by atoms with van der Waals surface area (Å²) in [5, 5.41) is 6.51. The number of benzene rings is 2. The van der Waals surface area contributed by atoms with Gasteiger partial charge in [0, 0.05) is 35.8 Å². The monoisotopic (exact) mass is 546 g/mol. The average molecular weight is 547 g/mol. The molecule has 0 saturated heterocycles. The molecule has 3 amide bonds. The van der Waals surface area contributed by atoms with Gasteiger partial charge >= 0.3 is 0 Å². The van der Waals surface area contributed by atoms with Crippen molar-refractivity contribution in [3.8, 4) is 0 Å². The highest BCUT2D eigenvalue weighted by Crippen LogP contribution is 2.33. The van der Waals surface area contributed by atoms with Crippen LogP contribution in [-0.2, 0) is 20.8 Å². The van der Waals surface area contributed by atoms with Gasteiger partial charge in [0.05, 0.1) is 0 Å². The fourth-order valence-corrected chi connectivity index (χ4v) is 5.16. The number of para-hydroxylation sites is 1. The number of hydrogen-bond donors (Lipinski definition) is 2. The van der Waals surface area contributed by atoms with Crippen LogP contribution in [0.2, 0.25) is 5.02 Å². The van der Waals surface area contributed by atoms with Crippen molar-refractivity contribution in [1.29, 1.82) is 0 Å². The van der Waals surface area contributed by atoms with Crippen LogP contribution in [0.1, 0.15) is 69.0 Å². The van der Waals surface area contributed by atoms with Crippen molar-refractivity contribution in [2.75, 3.05) is 10.2 Å². The van der Waals surface area contributed by atoms with E-state index in [1.165, 1.54) is 0 Å². The Hall–Kier alpha value is -3.71. The number of amides is 3. The number of nitrogens with zero attached hydrogens (tertiary/aromatic N) is 2. The third kappa shape index (κ3) is 7.67. The third-order valence-corrected chi connectivity index (χ3v) is 7.27. The number of carbonyl (C=O) groups is 3. The lowest BCUT2D eigenvalue weighted by molar-refractivity contribution is -0.127. The molecule has 0 spiro atoms. The minimum atomic E-state index is -0.870. The summed E-state index contributed by atoms with van der Waals surface area (Å²) in [6.45, 7) is 2.03. The molecule has 0 bridgehead atoms. The van der Waals surface area contributed by atoms with E-state index >= 15 is 0 Å². The van der Waals surface area contributed by atoms with Gasteiger partial charge in [-0.25, -0.2) is 4.98 Å². The summed E-state index contributed by atoms with van der Waals surface area (Å²) in [4.78, 5) is 46.0. The second-order valence-electron chi connectivity index (χ2n) is 9.81. The quantitative estimate of drug-likeness (QED) is 0.298. The Labute approximate surface area is 235 Å². The molecule has 7 nitrogen and oxygen atoms in total. The molecule has 1 saturated carbocycles. The van der Waals surface area contributed by atoms with Crippen LogP contribution in [-0.4, -0.2) is 28.7 Å². The Kier molecular flexibility index (Phi) is 10.1. The van der Waals surface area contributed by atoms with Crippen LogP contribution >= 0.6 is 11.6 Å². The smallest absolute Gasteiger partial charge is 0.248 e. The Morgan fingerprint density at radius 1 is 0.974 bits per heavy atom. The standard InChI is InChI=1S/C31H35ClN4O3/c1-2-22-10-3-6-13-26(22)36(29(38)16-9-15-28(37)35-27-14-7-8-21-33-27)30(23-17-19-24(32)20-18-23)31(39)34-25-11-4-5-12-25/h3,6-8,10,13-14,17-21,25,30H,2,4-5,9,11-12,15-16H2,1H3,(H,34,39)(H,33,35,37)/t30-/m0/s1. The van der Waals surface area contributed by atoms with Crippen LogP contribution in [0.5, 0.6) is 0 Å². The molecule has 1 heterocycles. The molecule has 1 aliphatic rings. The third-order valence-electron chi connectivity index (χ3n) is 7.02. The number of anilines is 2. The normalized spacial score (nSPS) is 14.0. The van der Waals surface area contributed by atoms with Gasteiger partial charge in [-0.1, -0.05) is 67.8 Å². The summed E-state index contributed by atoms with van der Waals surface area (Å²) >= 11 is 6.17. The Balaban J connectivity index is 1.60. The summed E-state index contributed by atoms with van der Waals surface area (Å²) in [5.74, 6) is -0.173. The molecule has 4 rings (SSSR count). The number of aryl methyl sites for hydroxylation is 1. The lowest BCUT2D eigenvalue weighted by atomic mass is 9.99. The highest BCUT2D eigenvalue weighted by molar-refractivity contribution is 6.30. The second kappa shape index (κ2) is 13.9. The highest BCUT2D eigenvalue weighted by atomic mass is 35.5. The summed E-state index contributed by atoms with van der Waals surface area (Å²) in [6, 6.07) is 19.3. The Morgan fingerprint density at radius 2 is 1.69 bits per heavy atom. The Bertz CT molecular complexity index is 1260. The number of halogens is 1. The van der Waals surface area contributed by atoms with Crippen molar-refractivity contribution < 1.29 is 14.4 Å². The number of rotatable bonds is 11. The van der Waals surface area contributed by atoms with Crippen molar-refractivity contribution in [1.82, 2.24) is 10.3 Å². The topological polar surface area (TPSA) is 91.4 Å². The van der Waals surface area contributed by atoms with E-state index in [4.69, 9.17) is 11.6 Å². The number of aromatic nitrogens is 1. The van der Waals surface area contributed by atoms with Crippen molar-refractivity contribution in [2.45, 2.75) is 70.4 Å². The van der Waals surface area contributed by atoms with Crippen LogP contribution in [0.25, 0.3) is 0 Å². The van der Waals surface area contributed by atoms with Crippen LogP contribution in [0.15, 0.2) is 72.9 Å². The molecule has 39 heavy (non-hydrogen) atoms. The second-order valence-corrected chi connectivity index (χ2v) is 10.2. The first kappa shape index (κ1) is 28.3. The van der Waals surface area contributed by atoms with Gasteiger partial charge in [0.1, 0.15) is 11.9 Å². The van der Waals surface area contributed by atoms with E-state index in [2.05, 4.69) is 15.6 Å². The molecule has 2 aromatic carbocycles. The van der Waals surface area contributed by atoms with Crippen LogP contribution in [0, 0.1) is 0 Å². The van der Waals surface area contributed by atoms with Crippen LogP contribution in [0.4, 0.5) is 11.5 Å². The summed E-state index contributed by atoms with van der Waals surface area (Å²) in [6.07, 6.45) is 6.93. The van der Waals surface area contributed by atoms with E-state index in [0.29, 0.717) is 34.9 Å². The van der Waals surface area contributed by atoms with Gasteiger partial charge < -0.3 is 10.6 Å². The first-order valence-corrected chi connectivity index (χ1v) is 14.0. The Morgan fingerprint density at radius 3 is 2.38 bits per heavy atom. The SMILES string of the molecule is CCc1ccccc1N(C(=O)CCCC(=O)Nc1ccccn1)[C@H](C(=O)NC1CCCC1)c1ccc(Cl)cc1. The summed E-state index contributed by atoms with van der Waals surface area (Å²) in [5.41, 5.74) is 2.35. The fraction of sp³-hybridized carbons (Fsp3) is 0.355. The number of carbonyl (C=O) groups excluding carboxylic acids is 3. The van der Waals surface area contributed by atoms with Crippen molar-refractivity contribution >= 4 is 40.8 Å². The van der Waals surface area contributed by atoms with E-state index in [1.807, 2.05) is 31.2 Å². The zero-order valence-electron chi connectivity index (χ0n) is 22.2. The molecule has 1 atom stereocenters. The largest absolute Gasteiger partial charge is 0.351 e. The maximum Gasteiger partial charge on any atom is 0.248 e. The minimum absolute atomic E-state index is 0.0981. The van der Waals surface area contributed by atoms with Gasteiger partial charge in [0.15, 0.2) is 0 Å². The minimum Gasteiger partial charge on any atom is -0.351 e. The predicted molar refractivity (Wildman–Crippen MR) is 155 cm³/mol. The van der Waals surface area contributed by atoms with Gasteiger partial charge in [-0.3, -0.25) is 19.3 Å². The van der Waals surface area contributed by atoms with Gasteiger partial charge in [0.25, 0.3) is 0 Å². The summed E-state index contributed by atoms with van der Waals surface area (Å²) in [7, 11) is 0. The van der Waals surface area contributed by atoms with Crippen LogP contribution in [0.3, 0.4) is 0 Å². The maximum absolute atomic E-state index is 14.0. The van der Waals surface area contributed by atoms with E-state index in [0.717, 1.165) is 31.2 Å². The maximum atomic E-state index is 14.0. The first-order valence-electron chi connectivity index (χ1n) is 13.6. The predicted octanol–water partition coefficient (Wildman–Crippen LogP) is 6.24. The molecular weight excluding hydrogens is 512 g/mol. The number of pyridine rings is 1. The fourth-order valence-electron chi connectivity index (χ4n) is 5.04. The number of nitrogens with one attached hydrogen (secondary N) is 2. The molecule has 1 aromatic heterocycles. The zero-order chi connectivity index (χ0) is 27.6. The molecule has 0 radical (unpaired) electrons. The van der Waals surface area contributed by atoms with Gasteiger partial charge in [-0.2, -0.15) is 0 Å². The van der Waals surface area contributed by atoms with Crippen LogP contribution < -0.4 is 15.5 Å². The molecular formula is C31H35ClN4O3.